The molecule has 1 rings (SSSR count). The molecule has 1 fully saturated rings. The summed E-state index contributed by atoms with van der Waals surface area (Å²) >= 11 is 5.05. The van der Waals surface area contributed by atoms with E-state index in [1.807, 2.05) is 6.92 Å². The van der Waals surface area contributed by atoms with Gasteiger partial charge in [-0.05, 0) is 19.1 Å². The Kier molecular flexibility index (Phi) is 3.59. The molecule has 1 saturated heterocycles. The molecular weight excluding hydrogens is 160 g/mol. The molecular formula is C7H14N2OS. The van der Waals surface area contributed by atoms with Crippen LogP contribution in [0.15, 0.2) is 0 Å². The van der Waals surface area contributed by atoms with Gasteiger partial charge in [0.2, 0.25) is 0 Å². The van der Waals surface area contributed by atoms with Gasteiger partial charge in [-0.3, -0.25) is 0 Å². The number of ether oxygens (including phenoxy) is 1. The average Bonchev–Trinajstić information content (AvgIpc) is 2.07. The molecule has 0 aromatic heterocycles. The summed E-state index contributed by atoms with van der Waals surface area (Å²) in [6.45, 7) is 6.58. The van der Waals surface area contributed by atoms with E-state index in [0.29, 0.717) is 11.8 Å². The third kappa shape index (κ3) is 2.63. The highest BCUT2D eigenvalue weighted by Crippen LogP contribution is 1.96. The van der Waals surface area contributed by atoms with Gasteiger partial charge in [-0.15, -0.1) is 0 Å². The summed E-state index contributed by atoms with van der Waals surface area (Å²) in [5.41, 5.74) is 0. The first-order valence-corrected chi connectivity index (χ1v) is 4.38. The molecule has 1 N–H and O–H groups in total. The summed E-state index contributed by atoms with van der Waals surface area (Å²) in [5, 5.41) is 3.90. The van der Waals surface area contributed by atoms with Gasteiger partial charge in [0.1, 0.15) is 0 Å². The smallest absolute Gasteiger partial charge is 0.259 e. The molecule has 1 heterocycles. The first-order valence-electron chi connectivity index (χ1n) is 3.97. The van der Waals surface area contributed by atoms with E-state index < -0.39 is 0 Å². The molecule has 0 aliphatic carbocycles. The Bertz CT molecular complexity index is 134. The van der Waals surface area contributed by atoms with Crippen molar-refractivity contribution in [3.63, 3.8) is 0 Å². The third-order valence-corrected chi connectivity index (χ3v) is 2.02. The van der Waals surface area contributed by atoms with Crippen LogP contribution in [-0.2, 0) is 4.74 Å². The first kappa shape index (κ1) is 8.74. The van der Waals surface area contributed by atoms with Crippen LogP contribution in [0, 0.1) is 0 Å². The van der Waals surface area contributed by atoms with E-state index >= 15 is 0 Å². The minimum absolute atomic E-state index is 0.647. The Morgan fingerprint density at radius 2 is 2.18 bits per heavy atom. The summed E-state index contributed by atoms with van der Waals surface area (Å²) < 4.78 is 5.21. The normalized spacial score (nSPS) is 18.1. The fraction of sp³-hybridized carbons (Fsp3) is 0.857. The molecule has 4 heteroatoms. The number of piperazine rings is 1. The maximum Gasteiger partial charge on any atom is 0.259 e. The Balaban J connectivity index is 2.27. The molecule has 0 bridgehead atoms. The number of nitrogens with zero attached hydrogens (tertiary/aromatic N) is 1. The van der Waals surface area contributed by atoms with E-state index in [1.165, 1.54) is 0 Å². The Morgan fingerprint density at radius 3 is 2.73 bits per heavy atom. The molecule has 0 radical (unpaired) electrons. The van der Waals surface area contributed by atoms with Crippen molar-refractivity contribution in [1.82, 2.24) is 10.2 Å². The summed E-state index contributed by atoms with van der Waals surface area (Å²) in [7, 11) is 0. The van der Waals surface area contributed by atoms with E-state index in [0.717, 1.165) is 26.2 Å². The largest absolute Gasteiger partial charge is 0.471 e. The predicted octanol–water partition coefficient (Wildman–Crippen LogP) is 0.213. The van der Waals surface area contributed by atoms with Gasteiger partial charge in [-0.2, -0.15) is 0 Å². The molecule has 1 aliphatic heterocycles. The quantitative estimate of drug-likeness (QED) is 0.574. The number of nitrogens with one attached hydrogen (secondary N) is 1. The van der Waals surface area contributed by atoms with Crippen LogP contribution in [-0.4, -0.2) is 42.9 Å². The lowest BCUT2D eigenvalue weighted by Crippen LogP contribution is -2.46. The monoisotopic (exact) mass is 174 g/mol. The fourth-order valence-electron chi connectivity index (χ4n) is 1.06. The Hall–Kier alpha value is -0.350. The minimum Gasteiger partial charge on any atom is -0.471 e. The average molecular weight is 174 g/mol. The molecule has 64 valence electrons. The van der Waals surface area contributed by atoms with E-state index in [-0.39, 0.29) is 0 Å². The van der Waals surface area contributed by atoms with Crippen molar-refractivity contribution in [1.29, 1.82) is 0 Å². The minimum atomic E-state index is 0.647. The van der Waals surface area contributed by atoms with Crippen LogP contribution in [0.25, 0.3) is 0 Å². The van der Waals surface area contributed by atoms with E-state index in [1.54, 1.807) is 0 Å². The lowest BCUT2D eigenvalue weighted by molar-refractivity contribution is 0.240. The van der Waals surface area contributed by atoms with Crippen molar-refractivity contribution in [2.24, 2.45) is 0 Å². The van der Waals surface area contributed by atoms with Crippen LogP contribution in [0.3, 0.4) is 0 Å². The van der Waals surface area contributed by atoms with Crippen molar-refractivity contribution in [2.75, 3.05) is 32.8 Å². The van der Waals surface area contributed by atoms with Crippen molar-refractivity contribution in [2.45, 2.75) is 6.92 Å². The van der Waals surface area contributed by atoms with Gasteiger partial charge < -0.3 is 15.0 Å². The second kappa shape index (κ2) is 4.51. The van der Waals surface area contributed by atoms with Gasteiger partial charge in [0.15, 0.2) is 0 Å². The molecule has 3 nitrogen and oxygen atoms in total. The van der Waals surface area contributed by atoms with Crippen molar-refractivity contribution in [3.8, 4) is 0 Å². The van der Waals surface area contributed by atoms with Gasteiger partial charge in [-0.25, -0.2) is 0 Å². The highest BCUT2D eigenvalue weighted by Gasteiger charge is 2.12. The van der Waals surface area contributed by atoms with Crippen LogP contribution in [0.1, 0.15) is 6.92 Å². The first-order chi connectivity index (χ1) is 5.34. The van der Waals surface area contributed by atoms with E-state index in [2.05, 4.69) is 10.2 Å². The van der Waals surface area contributed by atoms with Crippen LogP contribution in [0.5, 0.6) is 0 Å². The van der Waals surface area contributed by atoms with Crippen LogP contribution < -0.4 is 5.32 Å². The maximum atomic E-state index is 5.21. The topological polar surface area (TPSA) is 24.5 Å². The molecule has 0 unspecified atom stereocenters. The van der Waals surface area contributed by atoms with Gasteiger partial charge >= 0.3 is 0 Å². The Labute approximate surface area is 72.7 Å². The summed E-state index contributed by atoms with van der Waals surface area (Å²) in [6, 6.07) is 0. The number of hydrogen-bond donors (Lipinski definition) is 1. The van der Waals surface area contributed by atoms with E-state index in [4.69, 9.17) is 17.0 Å². The second-order valence-electron chi connectivity index (χ2n) is 2.44. The van der Waals surface area contributed by atoms with Crippen LogP contribution in [0.2, 0.25) is 0 Å². The molecule has 0 aromatic rings. The third-order valence-electron chi connectivity index (χ3n) is 1.64. The predicted molar refractivity (Wildman–Crippen MR) is 48.7 cm³/mol. The van der Waals surface area contributed by atoms with Crippen molar-refractivity contribution in [3.05, 3.63) is 0 Å². The lowest BCUT2D eigenvalue weighted by atomic mass is 10.4. The highest BCUT2D eigenvalue weighted by molar-refractivity contribution is 7.80. The zero-order chi connectivity index (χ0) is 8.10. The molecule has 0 amide bonds. The molecule has 11 heavy (non-hydrogen) atoms. The van der Waals surface area contributed by atoms with Crippen LogP contribution >= 0.6 is 12.2 Å². The molecule has 0 aromatic carbocycles. The fourth-order valence-corrected chi connectivity index (χ4v) is 1.36. The lowest BCUT2D eigenvalue weighted by Gasteiger charge is -2.28. The van der Waals surface area contributed by atoms with Gasteiger partial charge in [0.05, 0.1) is 6.61 Å². The maximum absolute atomic E-state index is 5.21. The zero-order valence-electron chi connectivity index (χ0n) is 6.80. The molecule has 0 spiro atoms. The van der Waals surface area contributed by atoms with Gasteiger partial charge in [0, 0.05) is 26.2 Å². The number of hydrogen-bond acceptors (Lipinski definition) is 3. The number of thiocarbonyl (C=S) groups is 1. The Morgan fingerprint density at radius 1 is 1.55 bits per heavy atom. The zero-order valence-corrected chi connectivity index (χ0v) is 7.62. The van der Waals surface area contributed by atoms with Crippen LogP contribution in [0.4, 0.5) is 0 Å². The summed E-state index contributed by atoms with van der Waals surface area (Å²) in [6.07, 6.45) is 0. The van der Waals surface area contributed by atoms with Gasteiger partial charge in [0.25, 0.3) is 5.17 Å². The summed E-state index contributed by atoms with van der Waals surface area (Å²) in [5.74, 6) is 0. The van der Waals surface area contributed by atoms with Gasteiger partial charge in [-0.1, -0.05) is 0 Å². The molecule has 1 aliphatic rings. The van der Waals surface area contributed by atoms with E-state index in [9.17, 15) is 0 Å². The van der Waals surface area contributed by atoms with Crippen molar-refractivity contribution >= 4 is 17.4 Å². The second-order valence-corrected chi connectivity index (χ2v) is 2.79. The van der Waals surface area contributed by atoms with Crippen molar-refractivity contribution < 1.29 is 4.74 Å². The highest BCUT2D eigenvalue weighted by atomic mass is 32.1. The number of rotatable bonds is 1. The standard InChI is InChI=1S/C7H14N2OS/c1-2-10-7(11)9-5-3-8-4-6-9/h8H,2-6H2,1H3. The molecule has 0 atom stereocenters. The SMILES string of the molecule is CCOC(=S)N1CCNCC1. The molecule has 0 saturated carbocycles. The summed E-state index contributed by atoms with van der Waals surface area (Å²) in [4.78, 5) is 2.09.